The second-order valence-electron chi connectivity index (χ2n) is 6.38. The lowest BCUT2D eigenvalue weighted by atomic mass is 9.84. The number of benzene rings is 1. The Balaban J connectivity index is 1.95. The molecule has 0 amide bonds. The molecule has 19 heavy (non-hydrogen) atoms. The normalized spacial score (nSPS) is 16.0. The van der Waals surface area contributed by atoms with E-state index >= 15 is 0 Å². The topological polar surface area (TPSA) is 23.5 Å². The highest BCUT2D eigenvalue weighted by atomic mass is 16.2. The number of unbranched alkanes of at least 4 members (excludes halogenated alkanes) is 1. The van der Waals surface area contributed by atoms with Crippen LogP contribution < -0.4 is 0 Å². The zero-order valence-corrected chi connectivity index (χ0v) is 12.3. The van der Waals surface area contributed by atoms with Crippen LogP contribution in [0.15, 0.2) is 30.3 Å². The van der Waals surface area contributed by atoms with Crippen molar-refractivity contribution < 1.29 is 5.11 Å². The lowest BCUT2D eigenvalue weighted by Gasteiger charge is -2.33. The van der Waals surface area contributed by atoms with Crippen LogP contribution in [0.5, 0.6) is 0 Å². The Morgan fingerprint density at radius 2 is 1.84 bits per heavy atom. The molecule has 1 aliphatic rings. The number of hydrogen-bond acceptors (Lipinski definition) is 2. The average molecular weight is 261 g/mol. The van der Waals surface area contributed by atoms with Gasteiger partial charge in [0, 0.05) is 24.6 Å². The van der Waals surface area contributed by atoms with Crippen molar-refractivity contribution in [3.8, 4) is 0 Å². The summed E-state index contributed by atoms with van der Waals surface area (Å²) in [7, 11) is 0. The fraction of sp³-hybridized carbons (Fsp3) is 0.647. The third-order valence-corrected chi connectivity index (χ3v) is 4.07. The molecule has 0 atom stereocenters. The van der Waals surface area contributed by atoms with Crippen LogP contribution in [0.1, 0.15) is 45.1 Å². The number of nitrogens with zero attached hydrogens (tertiary/aromatic N) is 1. The van der Waals surface area contributed by atoms with Crippen LogP contribution in [0.25, 0.3) is 0 Å². The first-order valence-corrected chi connectivity index (χ1v) is 7.54. The largest absolute Gasteiger partial charge is 0.396 e. The summed E-state index contributed by atoms with van der Waals surface area (Å²) in [6.07, 6.45) is 4.74. The molecule has 2 rings (SSSR count). The highest BCUT2D eigenvalue weighted by molar-refractivity contribution is 5.24. The molecular formula is C17H27NO. The molecule has 0 saturated heterocycles. The van der Waals surface area contributed by atoms with Crippen molar-refractivity contribution in [2.75, 3.05) is 19.7 Å². The molecule has 1 aromatic carbocycles. The maximum absolute atomic E-state index is 8.93. The van der Waals surface area contributed by atoms with Gasteiger partial charge in [-0.2, -0.15) is 0 Å². The van der Waals surface area contributed by atoms with Crippen LogP contribution in [0.4, 0.5) is 0 Å². The van der Waals surface area contributed by atoms with Gasteiger partial charge in [-0.15, -0.1) is 0 Å². The molecule has 0 spiro atoms. The van der Waals surface area contributed by atoms with Gasteiger partial charge in [-0.25, -0.2) is 0 Å². The number of aliphatic hydroxyl groups is 1. The first-order chi connectivity index (χ1) is 9.13. The maximum atomic E-state index is 8.93. The number of rotatable bonds is 8. The molecule has 1 saturated carbocycles. The first-order valence-electron chi connectivity index (χ1n) is 7.54. The van der Waals surface area contributed by atoms with Crippen molar-refractivity contribution in [1.29, 1.82) is 0 Å². The Kier molecular flexibility index (Phi) is 5.00. The van der Waals surface area contributed by atoms with Crippen LogP contribution in [-0.4, -0.2) is 35.7 Å². The third-order valence-electron chi connectivity index (χ3n) is 4.07. The van der Waals surface area contributed by atoms with Crippen molar-refractivity contribution in [3.63, 3.8) is 0 Å². The summed E-state index contributed by atoms with van der Waals surface area (Å²) < 4.78 is 0. The summed E-state index contributed by atoms with van der Waals surface area (Å²) >= 11 is 0. The van der Waals surface area contributed by atoms with E-state index in [1.165, 1.54) is 18.4 Å². The van der Waals surface area contributed by atoms with Gasteiger partial charge < -0.3 is 5.11 Å². The highest BCUT2D eigenvalue weighted by Crippen LogP contribution is 2.32. The molecule has 0 radical (unpaired) electrons. The van der Waals surface area contributed by atoms with Gasteiger partial charge in [-0.3, -0.25) is 4.90 Å². The Labute approximate surface area is 117 Å². The van der Waals surface area contributed by atoms with E-state index < -0.39 is 0 Å². The third kappa shape index (κ3) is 4.32. The van der Waals surface area contributed by atoms with E-state index in [2.05, 4.69) is 49.1 Å². The Morgan fingerprint density at radius 3 is 2.42 bits per heavy atom. The molecule has 1 N–H and O–H groups in total. The minimum atomic E-state index is 0.197. The van der Waals surface area contributed by atoms with Gasteiger partial charge in [0.2, 0.25) is 0 Å². The average Bonchev–Trinajstić information content (AvgIpc) is 3.23. The lowest BCUT2D eigenvalue weighted by molar-refractivity contribution is 0.200. The Hall–Kier alpha value is -0.860. The summed E-state index contributed by atoms with van der Waals surface area (Å²) in [5, 5.41) is 8.93. The maximum Gasteiger partial charge on any atom is 0.0431 e. The second kappa shape index (κ2) is 6.53. The fourth-order valence-electron chi connectivity index (χ4n) is 2.75. The van der Waals surface area contributed by atoms with Crippen molar-refractivity contribution >= 4 is 0 Å². The summed E-state index contributed by atoms with van der Waals surface area (Å²) in [6.45, 7) is 7.24. The van der Waals surface area contributed by atoms with Crippen molar-refractivity contribution in [3.05, 3.63) is 35.9 Å². The number of hydrogen-bond donors (Lipinski definition) is 1. The summed E-state index contributed by atoms with van der Waals surface area (Å²) in [4.78, 5) is 2.63. The lowest BCUT2D eigenvalue weighted by Crippen LogP contribution is -2.39. The van der Waals surface area contributed by atoms with E-state index in [9.17, 15) is 0 Å². The molecule has 1 fully saturated rings. The van der Waals surface area contributed by atoms with Crippen LogP contribution >= 0.6 is 0 Å². The first kappa shape index (κ1) is 14.5. The molecule has 0 aliphatic heterocycles. The summed E-state index contributed by atoms with van der Waals surface area (Å²) in [6, 6.07) is 11.6. The van der Waals surface area contributed by atoms with E-state index in [1.54, 1.807) is 0 Å². The van der Waals surface area contributed by atoms with Gasteiger partial charge in [-0.05, 0) is 37.8 Å². The van der Waals surface area contributed by atoms with Crippen LogP contribution in [0, 0.1) is 0 Å². The molecular weight excluding hydrogens is 234 g/mol. The highest BCUT2D eigenvalue weighted by Gasteiger charge is 2.33. The van der Waals surface area contributed by atoms with Gasteiger partial charge in [0.1, 0.15) is 0 Å². The van der Waals surface area contributed by atoms with Gasteiger partial charge in [0.15, 0.2) is 0 Å². The molecule has 0 heterocycles. The minimum Gasteiger partial charge on any atom is -0.396 e. The molecule has 0 unspecified atom stereocenters. The van der Waals surface area contributed by atoms with E-state index in [4.69, 9.17) is 5.11 Å². The summed E-state index contributed by atoms with van der Waals surface area (Å²) in [5.74, 6) is 0. The SMILES string of the molecule is CC(C)(CN(CCCCO)C1CC1)c1ccccc1. The molecule has 2 nitrogen and oxygen atoms in total. The zero-order chi connectivity index (χ0) is 13.7. The minimum absolute atomic E-state index is 0.197. The van der Waals surface area contributed by atoms with Gasteiger partial charge in [-0.1, -0.05) is 44.2 Å². The zero-order valence-electron chi connectivity index (χ0n) is 12.3. The Morgan fingerprint density at radius 1 is 1.16 bits per heavy atom. The molecule has 2 heteroatoms. The van der Waals surface area contributed by atoms with Crippen molar-refractivity contribution in [2.24, 2.45) is 0 Å². The van der Waals surface area contributed by atoms with Gasteiger partial charge >= 0.3 is 0 Å². The van der Waals surface area contributed by atoms with E-state index in [-0.39, 0.29) is 5.41 Å². The monoisotopic (exact) mass is 261 g/mol. The smallest absolute Gasteiger partial charge is 0.0431 e. The Bertz CT molecular complexity index is 370. The van der Waals surface area contributed by atoms with Crippen molar-refractivity contribution in [2.45, 2.75) is 51.0 Å². The number of aliphatic hydroxyl groups excluding tert-OH is 1. The van der Waals surface area contributed by atoms with E-state index in [0.717, 1.165) is 32.0 Å². The predicted molar refractivity (Wildman–Crippen MR) is 80.4 cm³/mol. The molecule has 106 valence electrons. The fourth-order valence-corrected chi connectivity index (χ4v) is 2.75. The molecule has 1 aliphatic carbocycles. The quantitative estimate of drug-likeness (QED) is 0.726. The standard InChI is InChI=1S/C17H27NO/c1-17(2,15-8-4-3-5-9-15)14-18(16-10-11-16)12-6-7-13-19/h3-5,8-9,16,19H,6-7,10-14H2,1-2H3. The summed E-state index contributed by atoms with van der Waals surface area (Å²) in [5.41, 5.74) is 1.62. The molecule has 1 aromatic rings. The van der Waals surface area contributed by atoms with Gasteiger partial charge in [0.05, 0.1) is 0 Å². The van der Waals surface area contributed by atoms with Crippen molar-refractivity contribution in [1.82, 2.24) is 4.90 Å². The predicted octanol–water partition coefficient (Wildman–Crippen LogP) is 3.20. The second-order valence-corrected chi connectivity index (χ2v) is 6.38. The van der Waals surface area contributed by atoms with Crippen LogP contribution in [0.3, 0.4) is 0 Å². The van der Waals surface area contributed by atoms with E-state index in [0.29, 0.717) is 6.61 Å². The molecule has 0 aromatic heterocycles. The van der Waals surface area contributed by atoms with Crippen LogP contribution in [-0.2, 0) is 5.41 Å². The van der Waals surface area contributed by atoms with Gasteiger partial charge in [0.25, 0.3) is 0 Å². The molecule has 0 bridgehead atoms. The van der Waals surface area contributed by atoms with E-state index in [1.807, 2.05) is 0 Å². The van der Waals surface area contributed by atoms with Crippen LogP contribution in [0.2, 0.25) is 0 Å².